The van der Waals surface area contributed by atoms with Crippen LogP contribution in [-0.4, -0.2) is 35.8 Å². The van der Waals surface area contributed by atoms with Gasteiger partial charge in [-0.2, -0.15) is 0 Å². The standard InChI is InChI=1S/C16H18BrN3O/c17-12-8-13-16(19-9-12)14(3-5-18-13)20-6-4-15-11(10-20)2-1-7-21-15/h3,5,8-9,11,15H,1-2,4,6-7,10H2. The molecular weight excluding hydrogens is 330 g/mol. The van der Waals surface area contributed by atoms with Gasteiger partial charge >= 0.3 is 0 Å². The zero-order valence-electron chi connectivity index (χ0n) is 11.8. The maximum Gasteiger partial charge on any atom is 0.112 e. The first-order valence-corrected chi connectivity index (χ1v) is 8.37. The van der Waals surface area contributed by atoms with Crippen molar-refractivity contribution in [3.63, 3.8) is 0 Å². The van der Waals surface area contributed by atoms with Gasteiger partial charge in [-0.05, 0) is 47.3 Å². The van der Waals surface area contributed by atoms with Crippen LogP contribution in [0.15, 0.2) is 29.0 Å². The van der Waals surface area contributed by atoms with E-state index >= 15 is 0 Å². The van der Waals surface area contributed by atoms with E-state index < -0.39 is 0 Å². The van der Waals surface area contributed by atoms with E-state index in [1.807, 2.05) is 18.5 Å². The molecule has 4 rings (SSSR count). The van der Waals surface area contributed by atoms with Gasteiger partial charge in [-0.15, -0.1) is 0 Å². The van der Waals surface area contributed by atoms with Crippen LogP contribution in [0.3, 0.4) is 0 Å². The van der Waals surface area contributed by atoms with E-state index in [4.69, 9.17) is 4.74 Å². The molecule has 4 nitrogen and oxygen atoms in total. The van der Waals surface area contributed by atoms with Crippen LogP contribution in [0.4, 0.5) is 5.69 Å². The zero-order chi connectivity index (χ0) is 14.2. The van der Waals surface area contributed by atoms with Gasteiger partial charge in [0.2, 0.25) is 0 Å². The molecule has 2 aliphatic rings. The lowest BCUT2D eigenvalue weighted by molar-refractivity contribution is -0.0356. The maximum absolute atomic E-state index is 5.91. The summed E-state index contributed by atoms with van der Waals surface area (Å²) in [4.78, 5) is 11.5. The molecule has 0 bridgehead atoms. The van der Waals surface area contributed by atoms with E-state index in [0.717, 1.165) is 41.6 Å². The normalized spacial score (nSPS) is 25.9. The van der Waals surface area contributed by atoms with E-state index in [0.29, 0.717) is 12.0 Å². The van der Waals surface area contributed by atoms with Crippen LogP contribution < -0.4 is 4.90 Å². The van der Waals surface area contributed by atoms with Gasteiger partial charge in [-0.3, -0.25) is 9.97 Å². The fourth-order valence-corrected chi connectivity index (χ4v) is 3.87. The Morgan fingerprint density at radius 1 is 1.29 bits per heavy atom. The van der Waals surface area contributed by atoms with Crippen LogP contribution in [-0.2, 0) is 4.74 Å². The highest BCUT2D eigenvalue weighted by molar-refractivity contribution is 9.10. The third kappa shape index (κ3) is 2.53. The smallest absolute Gasteiger partial charge is 0.112 e. The molecule has 2 saturated heterocycles. The molecule has 4 heterocycles. The molecule has 2 atom stereocenters. The average molecular weight is 348 g/mol. The fraction of sp³-hybridized carbons (Fsp3) is 0.500. The monoisotopic (exact) mass is 347 g/mol. The fourth-order valence-electron chi connectivity index (χ4n) is 3.55. The highest BCUT2D eigenvalue weighted by atomic mass is 79.9. The molecule has 110 valence electrons. The molecule has 0 aromatic carbocycles. The van der Waals surface area contributed by atoms with Gasteiger partial charge in [0.25, 0.3) is 0 Å². The molecule has 0 saturated carbocycles. The Kier molecular flexibility index (Phi) is 3.55. The maximum atomic E-state index is 5.91. The summed E-state index contributed by atoms with van der Waals surface area (Å²) in [7, 11) is 0. The Bertz CT molecular complexity index is 663. The Balaban J connectivity index is 1.67. The quantitative estimate of drug-likeness (QED) is 0.792. The first-order chi connectivity index (χ1) is 10.3. The third-order valence-corrected chi connectivity index (χ3v) is 5.01. The minimum Gasteiger partial charge on any atom is -0.378 e. The number of fused-ring (bicyclic) bond motifs is 2. The summed E-state index contributed by atoms with van der Waals surface area (Å²) in [5.41, 5.74) is 3.15. The van der Waals surface area contributed by atoms with Gasteiger partial charge in [0, 0.05) is 42.5 Å². The predicted octanol–water partition coefficient (Wildman–Crippen LogP) is 3.40. The summed E-state index contributed by atoms with van der Waals surface area (Å²) in [6.45, 7) is 3.05. The SMILES string of the molecule is Brc1cnc2c(N3CCC4OCCCC4C3)ccnc2c1. The number of piperidine rings is 1. The topological polar surface area (TPSA) is 38.2 Å². The van der Waals surface area contributed by atoms with E-state index in [1.54, 1.807) is 0 Å². The van der Waals surface area contributed by atoms with Gasteiger partial charge in [-0.1, -0.05) is 0 Å². The van der Waals surface area contributed by atoms with Gasteiger partial charge in [-0.25, -0.2) is 0 Å². The molecule has 2 aromatic rings. The lowest BCUT2D eigenvalue weighted by atomic mass is 9.88. The van der Waals surface area contributed by atoms with Crippen molar-refractivity contribution in [2.45, 2.75) is 25.4 Å². The second kappa shape index (κ2) is 5.54. The number of hydrogen-bond acceptors (Lipinski definition) is 4. The predicted molar refractivity (Wildman–Crippen MR) is 86.5 cm³/mol. The molecule has 0 N–H and O–H groups in total. The average Bonchev–Trinajstić information content (AvgIpc) is 2.53. The Labute approximate surface area is 132 Å². The highest BCUT2D eigenvalue weighted by Gasteiger charge is 2.32. The number of aromatic nitrogens is 2. The Morgan fingerprint density at radius 3 is 3.19 bits per heavy atom. The summed E-state index contributed by atoms with van der Waals surface area (Å²) in [6.07, 6.45) is 7.79. The molecule has 2 fully saturated rings. The van der Waals surface area contributed by atoms with Crippen molar-refractivity contribution in [3.8, 4) is 0 Å². The number of pyridine rings is 2. The molecule has 0 radical (unpaired) electrons. The van der Waals surface area contributed by atoms with Crippen molar-refractivity contribution < 1.29 is 4.74 Å². The summed E-state index contributed by atoms with van der Waals surface area (Å²) >= 11 is 3.47. The molecule has 5 heteroatoms. The van der Waals surface area contributed by atoms with Crippen LogP contribution in [0.1, 0.15) is 19.3 Å². The number of nitrogens with zero attached hydrogens (tertiary/aromatic N) is 3. The molecule has 0 amide bonds. The van der Waals surface area contributed by atoms with Crippen LogP contribution in [0.5, 0.6) is 0 Å². The van der Waals surface area contributed by atoms with Crippen molar-refractivity contribution in [2.75, 3.05) is 24.6 Å². The molecule has 2 aromatic heterocycles. The van der Waals surface area contributed by atoms with Gasteiger partial charge < -0.3 is 9.64 Å². The summed E-state index contributed by atoms with van der Waals surface area (Å²) in [6, 6.07) is 4.12. The minimum absolute atomic E-state index is 0.463. The largest absolute Gasteiger partial charge is 0.378 e. The van der Waals surface area contributed by atoms with E-state index in [1.165, 1.54) is 18.5 Å². The van der Waals surface area contributed by atoms with Crippen LogP contribution in [0, 0.1) is 5.92 Å². The van der Waals surface area contributed by atoms with Crippen molar-refractivity contribution in [3.05, 3.63) is 29.0 Å². The summed E-state index contributed by atoms with van der Waals surface area (Å²) in [5, 5.41) is 0. The Hall–Kier alpha value is -1.20. The molecule has 0 aliphatic carbocycles. The molecule has 2 aliphatic heterocycles. The zero-order valence-corrected chi connectivity index (χ0v) is 13.4. The van der Waals surface area contributed by atoms with Crippen LogP contribution in [0.2, 0.25) is 0 Å². The number of anilines is 1. The Morgan fingerprint density at radius 2 is 2.24 bits per heavy atom. The van der Waals surface area contributed by atoms with E-state index in [2.05, 4.69) is 36.9 Å². The summed E-state index contributed by atoms with van der Waals surface area (Å²) in [5.74, 6) is 0.658. The number of ether oxygens (including phenoxy) is 1. The number of halogens is 1. The van der Waals surface area contributed by atoms with E-state index in [-0.39, 0.29) is 0 Å². The highest BCUT2D eigenvalue weighted by Crippen LogP contribution is 2.33. The third-order valence-electron chi connectivity index (χ3n) is 4.58. The van der Waals surface area contributed by atoms with Crippen molar-refractivity contribution in [2.24, 2.45) is 5.92 Å². The second-order valence-corrected chi connectivity index (χ2v) is 6.81. The van der Waals surface area contributed by atoms with Crippen LogP contribution >= 0.6 is 15.9 Å². The van der Waals surface area contributed by atoms with Gasteiger partial charge in [0.1, 0.15) is 5.52 Å². The van der Waals surface area contributed by atoms with E-state index in [9.17, 15) is 0 Å². The second-order valence-electron chi connectivity index (χ2n) is 5.90. The van der Waals surface area contributed by atoms with Crippen molar-refractivity contribution in [1.29, 1.82) is 0 Å². The minimum atomic E-state index is 0.463. The number of rotatable bonds is 1. The molecule has 21 heavy (non-hydrogen) atoms. The first kappa shape index (κ1) is 13.5. The number of hydrogen-bond donors (Lipinski definition) is 0. The van der Waals surface area contributed by atoms with Gasteiger partial charge in [0.05, 0.1) is 17.3 Å². The lowest BCUT2D eigenvalue weighted by Crippen LogP contribution is -2.46. The first-order valence-electron chi connectivity index (χ1n) is 7.58. The molecule has 2 unspecified atom stereocenters. The molecule has 0 spiro atoms. The van der Waals surface area contributed by atoms with Gasteiger partial charge in [0.15, 0.2) is 0 Å². The van der Waals surface area contributed by atoms with Crippen LogP contribution in [0.25, 0.3) is 11.0 Å². The van der Waals surface area contributed by atoms with Crippen molar-refractivity contribution in [1.82, 2.24) is 9.97 Å². The summed E-state index contributed by atoms with van der Waals surface area (Å²) < 4.78 is 6.88. The van der Waals surface area contributed by atoms with Crippen molar-refractivity contribution >= 4 is 32.7 Å². The molecular formula is C16H18BrN3O. The lowest BCUT2D eigenvalue weighted by Gasteiger charge is -2.42.